The van der Waals surface area contributed by atoms with E-state index in [0.717, 1.165) is 60.4 Å². The molecule has 0 spiro atoms. The average molecular weight is 373 g/mol. The molecule has 2 fully saturated rings. The zero-order valence-electron chi connectivity index (χ0n) is 15.4. The van der Waals surface area contributed by atoms with Crippen molar-refractivity contribution in [2.24, 2.45) is 5.92 Å². The number of fused-ring (bicyclic) bond motifs is 1. The highest BCUT2D eigenvalue weighted by Gasteiger charge is 2.23. The molecule has 1 amide bonds. The third-order valence-corrected chi connectivity index (χ3v) is 6.83. The largest absolute Gasteiger partial charge is 0.344 e. The van der Waals surface area contributed by atoms with Gasteiger partial charge in [0.05, 0.1) is 0 Å². The summed E-state index contributed by atoms with van der Waals surface area (Å²) in [6, 6.07) is 3.93. The zero-order valence-corrected chi connectivity index (χ0v) is 16.2. The summed E-state index contributed by atoms with van der Waals surface area (Å²) in [7, 11) is 0. The van der Waals surface area contributed by atoms with Gasteiger partial charge in [-0.25, -0.2) is 9.97 Å². The first-order valence-electron chi connectivity index (χ1n) is 10.0. The maximum atomic E-state index is 12.5. The van der Waals surface area contributed by atoms with Crippen LogP contribution in [0.3, 0.4) is 0 Å². The number of aromatic nitrogens is 2. The summed E-state index contributed by atoms with van der Waals surface area (Å²) in [6.45, 7) is 3.36. The Hall–Kier alpha value is -1.69. The van der Waals surface area contributed by atoms with Gasteiger partial charge in [0.15, 0.2) is 5.13 Å². The molecular weight excluding hydrogens is 344 g/mol. The molecule has 0 N–H and O–H groups in total. The fourth-order valence-electron chi connectivity index (χ4n) is 4.22. The van der Waals surface area contributed by atoms with E-state index in [1.165, 1.54) is 38.5 Å². The van der Waals surface area contributed by atoms with Crippen molar-refractivity contribution in [1.29, 1.82) is 0 Å². The highest BCUT2D eigenvalue weighted by atomic mass is 32.1. The minimum atomic E-state index is 0.339. The summed E-state index contributed by atoms with van der Waals surface area (Å²) >= 11 is 1.64. The van der Waals surface area contributed by atoms with Crippen LogP contribution in [0.2, 0.25) is 0 Å². The van der Waals surface area contributed by atoms with Gasteiger partial charge >= 0.3 is 0 Å². The number of thiazole rings is 1. The number of carbonyl (C=O) groups excluding carboxylic acids is 1. The van der Waals surface area contributed by atoms with Crippen LogP contribution in [0, 0.1) is 5.92 Å². The zero-order chi connectivity index (χ0) is 17.8. The maximum Gasteiger partial charge on any atom is 0.222 e. The van der Waals surface area contributed by atoms with E-state index in [4.69, 9.17) is 0 Å². The minimum Gasteiger partial charge on any atom is -0.344 e. The van der Waals surface area contributed by atoms with Crippen molar-refractivity contribution in [1.82, 2.24) is 14.9 Å². The number of rotatable bonds is 5. The lowest BCUT2D eigenvalue weighted by atomic mass is 9.86. The molecule has 0 atom stereocenters. The van der Waals surface area contributed by atoms with E-state index in [1.807, 2.05) is 23.2 Å². The van der Waals surface area contributed by atoms with Gasteiger partial charge < -0.3 is 9.80 Å². The van der Waals surface area contributed by atoms with Gasteiger partial charge in [0.2, 0.25) is 5.91 Å². The molecule has 1 saturated carbocycles. The van der Waals surface area contributed by atoms with Crippen LogP contribution < -0.4 is 4.90 Å². The summed E-state index contributed by atoms with van der Waals surface area (Å²) in [5, 5.41) is 1.03. The topological polar surface area (TPSA) is 49.3 Å². The van der Waals surface area contributed by atoms with Crippen LogP contribution in [0.5, 0.6) is 0 Å². The summed E-state index contributed by atoms with van der Waals surface area (Å²) in [6.07, 6.45) is 11.8. The number of amides is 1. The molecule has 26 heavy (non-hydrogen) atoms. The Bertz CT molecular complexity index is 699. The summed E-state index contributed by atoms with van der Waals surface area (Å²) < 4.78 is 0. The summed E-state index contributed by atoms with van der Waals surface area (Å²) in [5.41, 5.74) is 0.966. The van der Waals surface area contributed by atoms with Crippen LogP contribution >= 0.6 is 11.3 Å². The van der Waals surface area contributed by atoms with Gasteiger partial charge in [0, 0.05) is 38.8 Å². The molecule has 0 radical (unpaired) electrons. The van der Waals surface area contributed by atoms with Gasteiger partial charge in [0.1, 0.15) is 10.3 Å². The van der Waals surface area contributed by atoms with Gasteiger partial charge in [-0.05, 0) is 30.9 Å². The van der Waals surface area contributed by atoms with Crippen molar-refractivity contribution < 1.29 is 4.79 Å². The van der Waals surface area contributed by atoms with Crippen LogP contribution in [0.1, 0.15) is 51.4 Å². The van der Waals surface area contributed by atoms with E-state index in [1.54, 1.807) is 11.3 Å². The van der Waals surface area contributed by atoms with Crippen LogP contribution in [-0.2, 0) is 4.79 Å². The molecule has 1 aliphatic heterocycles. The molecule has 5 nitrogen and oxygen atoms in total. The lowest BCUT2D eigenvalue weighted by molar-refractivity contribution is -0.131. The number of nitrogens with zero attached hydrogens (tertiary/aromatic N) is 4. The van der Waals surface area contributed by atoms with Crippen molar-refractivity contribution in [3.63, 3.8) is 0 Å². The average Bonchev–Trinajstić information content (AvgIpc) is 3.13. The van der Waals surface area contributed by atoms with E-state index in [9.17, 15) is 4.79 Å². The predicted molar refractivity (Wildman–Crippen MR) is 107 cm³/mol. The molecule has 6 heteroatoms. The molecule has 2 aromatic heterocycles. The molecular formula is C20H28N4OS. The normalized spacial score (nSPS) is 19.2. The Morgan fingerprint density at radius 2 is 1.96 bits per heavy atom. The van der Waals surface area contributed by atoms with Gasteiger partial charge in [-0.1, -0.05) is 43.4 Å². The molecule has 3 heterocycles. The lowest BCUT2D eigenvalue weighted by Crippen LogP contribution is -2.48. The first kappa shape index (κ1) is 17.7. The van der Waals surface area contributed by atoms with Crippen molar-refractivity contribution in [2.75, 3.05) is 31.1 Å². The second-order valence-electron chi connectivity index (χ2n) is 7.59. The number of hydrogen-bond donors (Lipinski definition) is 0. The number of piperazine rings is 1. The summed E-state index contributed by atoms with van der Waals surface area (Å²) in [4.78, 5) is 26.9. The Morgan fingerprint density at radius 3 is 2.73 bits per heavy atom. The van der Waals surface area contributed by atoms with Crippen LogP contribution in [0.4, 0.5) is 5.13 Å². The van der Waals surface area contributed by atoms with Crippen molar-refractivity contribution >= 4 is 32.7 Å². The van der Waals surface area contributed by atoms with E-state index >= 15 is 0 Å². The fourth-order valence-corrected chi connectivity index (χ4v) is 5.18. The molecule has 2 aromatic rings. The Kier molecular flexibility index (Phi) is 5.68. The van der Waals surface area contributed by atoms with E-state index in [2.05, 4.69) is 14.9 Å². The molecule has 1 saturated heterocycles. The van der Waals surface area contributed by atoms with Gasteiger partial charge in [-0.15, -0.1) is 0 Å². The monoisotopic (exact) mass is 372 g/mol. The maximum absolute atomic E-state index is 12.5. The third-order valence-electron chi connectivity index (χ3n) is 5.79. The Balaban J connectivity index is 1.23. The smallest absolute Gasteiger partial charge is 0.222 e. The van der Waals surface area contributed by atoms with Crippen LogP contribution in [0.15, 0.2) is 18.3 Å². The SMILES string of the molecule is O=C(CCCC1CCCCC1)N1CCN(c2nc3cccnc3s2)CC1. The quantitative estimate of drug-likeness (QED) is 0.793. The molecule has 0 aromatic carbocycles. The molecule has 140 valence electrons. The second kappa shape index (κ2) is 8.33. The van der Waals surface area contributed by atoms with Gasteiger partial charge in [0.25, 0.3) is 0 Å². The Morgan fingerprint density at radius 1 is 1.15 bits per heavy atom. The predicted octanol–water partition coefficient (Wildman–Crippen LogP) is 4.09. The van der Waals surface area contributed by atoms with Gasteiger partial charge in [-0.2, -0.15) is 0 Å². The highest BCUT2D eigenvalue weighted by molar-refractivity contribution is 7.21. The van der Waals surface area contributed by atoms with E-state index in [0.29, 0.717) is 5.91 Å². The van der Waals surface area contributed by atoms with Crippen molar-refractivity contribution in [3.8, 4) is 0 Å². The van der Waals surface area contributed by atoms with Crippen molar-refractivity contribution in [2.45, 2.75) is 51.4 Å². The number of carbonyl (C=O) groups is 1. The molecule has 0 bridgehead atoms. The van der Waals surface area contributed by atoms with Crippen molar-refractivity contribution in [3.05, 3.63) is 18.3 Å². The first-order valence-corrected chi connectivity index (χ1v) is 10.9. The van der Waals surface area contributed by atoms with E-state index < -0.39 is 0 Å². The lowest BCUT2D eigenvalue weighted by Gasteiger charge is -2.34. The molecule has 4 rings (SSSR count). The third kappa shape index (κ3) is 4.17. The Labute approximate surface area is 159 Å². The number of anilines is 1. The van der Waals surface area contributed by atoms with Crippen LogP contribution in [-0.4, -0.2) is 47.0 Å². The first-order chi connectivity index (χ1) is 12.8. The fraction of sp³-hybridized carbons (Fsp3) is 0.650. The standard InChI is InChI=1S/C20H28N4OS/c25-18(10-4-8-16-6-2-1-3-7-16)23-12-14-24(15-13-23)20-22-17-9-5-11-21-19(17)26-20/h5,9,11,16H,1-4,6-8,10,12-15H2. The number of pyridine rings is 1. The number of hydrogen-bond acceptors (Lipinski definition) is 5. The minimum absolute atomic E-state index is 0.339. The molecule has 2 aliphatic rings. The summed E-state index contributed by atoms with van der Waals surface area (Å²) in [5.74, 6) is 1.22. The highest BCUT2D eigenvalue weighted by Crippen LogP contribution is 2.29. The van der Waals surface area contributed by atoms with E-state index in [-0.39, 0.29) is 0 Å². The van der Waals surface area contributed by atoms with Gasteiger partial charge in [-0.3, -0.25) is 4.79 Å². The van der Waals surface area contributed by atoms with Crippen LogP contribution in [0.25, 0.3) is 10.3 Å². The molecule has 0 unspecified atom stereocenters. The molecule has 1 aliphatic carbocycles. The second-order valence-corrected chi connectivity index (χ2v) is 8.54.